The van der Waals surface area contributed by atoms with Crippen molar-refractivity contribution in [2.24, 2.45) is 0 Å². The minimum atomic E-state index is -0.546. The smallest absolute Gasteiger partial charge is 0.266 e. The van der Waals surface area contributed by atoms with Gasteiger partial charge in [-0.25, -0.2) is 0 Å². The number of halogens is 1. The number of benzene rings is 3. The first-order valence-corrected chi connectivity index (χ1v) is 10.9. The predicted octanol–water partition coefficient (Wildman–Crippen LogP) is 5.52. The zero-order valence-corrected chi connectivity index (χ0v) is 19.5. The lowest BCUT2D eigenvalue weighted by molar-refractivity contribution is -0.112. The molecule has 0 fully saturated rings. The molecule has 0 radical (unpaired) electrons. The lowest BCUT2D eigenvalue weighted by Gasteiger charge is -2.15. The summed E-state index contributed by atoms with van der Waals surface area (Å²) < 4.78 is 12.6. The average Bonchev–Trinajstić information content (AvgIpc) is 2.79. The first-order chi connectivity index (χ1) is 15.5. The van der Waals surface area contributed by atoms with Crippen molar-refractivity contribution in [3.8, 4) is 23.3 Å². The van der Waals surface area contributed by atoms with Gasteiger partial charge in [-0.15, -0.1) is 0 Å². The summed E-state index contributed by atoms with van der Waals surface area (Å²) in [5.74, 6) is 0.695. The Hall–Kier alpha value is -3.51. The van der Waals surface area contributed by atoms with Gasteiger partial charge in [0.2, 0.25) is 0 Å². The minimum Gasteiger partial charge on any atom is -0.508 e. The van der Waals surface area contributed by atoms with Crippen molar-refractivity contribution in [3.05, 3.63) is 87.0 Å². The van der Waals surface area contributed by atoms with Crippen LogP contribution in [0.1, 0.15) is 18.1 Å². The van der Waals surface area contributed by atoms with Crippen molar-refractivity contribution in [1.82, 2.24) is 0 Å². The topological polar surface area (TPSA) is 91.6 Å². The van der Waals surface area contributed by atoms with Crippen LogP contribution in [-0.2, 0) is 11.4 Å². The molecule has 0 bridgehead atoms. The highest BCUT2D eigenvalue weighted by Gasteiger charge is 2.15. The van der Waals surface area contributed by atoms with Crippen LogP contribution in [0.5, 0.6) is 17.2 Å². The fraction of sp³-hybridized carbons (Fsp3) is 0.120. The molecular formula is C25H21IN2O4. The number of aromatic hydroxyl groups is 1. The van der Waals surface area contributed by atoms with Crippen LogP contribution in [0.4, 0.5) is 5.69 Å². The van der Waals surface area contributed by atoms with E-state index in [9.17, 15) is 15.2 Å². The SMILES string of the molecule is CCOc1cc(/C=C(/C#N)C(=O)Nc2ccc(O)cc2)cc(I)c1OCc1ccccc1. The van der Waals surface area contributed by atoms with Crippen molar-refractivity contribution >= 4 is 40.3 Å². The van der Waals surface area contributed by atoms with Gasteiger partial charge in [-0.1, -0.05) is 30.3 Å². The highest BCUT2D eigenvalue weighted by molar-refractivity contribution is 14.1. The number of amides is 1. The number of carbonyl (C=O) groups is 1. The fourth-order valence-electron chi connectivity index (χ4n) is 2.86. The number of phenolic OH excluding ortho intramolecular Hbond substituents is 1. The van der Waals surface area contributed by atoms with E-state index in [0.29, 0.717) is 36.0 Å². The quantitative estimate of drug-likeness (QED) is 0.170. The van der Waals surface area contributed by atoms with E-state index in [4.69, 9.17) is 9.47 Å². The molecule has 0 saturated carbocycles. The van der Waals surface area contributed by atoms with E-state index in [1.807, 2.05) is 49.4 Å². The molecule has 3 rings (SSSR count). The second-order valence-corrected chi connectivity index (χ2v) is 7.87. The lowest BCUT2D eigenvalue weighted by Crippen LogP contribution is -2.13. The Morgan fingerprint density at radius 2 is 1.84 bits per heavy atom. The molecule has 7 heteroatoms. The van der Waals surface area contributed by atoms with E-state index in [2.05, 4.69) is 27.9 Å². The molecule has 0 aliphatic heterocycles. The number of phenols is 1. The molecule has 1 amide bonds. The maximum absolute atomic E-state index is 12.5. The first kappa shape index (κ1) is 23.2. The molecule has 32 heavy (non-hydrogen) atoms. The maximum atomic E-state index is 12.5. The average molecular weight is 540 g/mol. The van der Waals surface area contributed by atoms with Gasteiger partial charge in [0.25, 0.3) is 5.91 Å². The summed E-state index contributed by atoms with van der Waals surface area (Å²) in [6, 6.07) is 21.3. The summed E-state index contributed by atoms with van der Waals surface area (Å²) >= 11 is 2.15. The van der Waals surface area contributed by atoms with Gasteiger partial charge in [0.15, 0.2) is 11.5 Å². The Balaban J connectivity index is 1.83. The largest absolute Gasteiger partial charge is 0.508 e. The van der Waals surface area contributed by atoms with E-state index in [1.54, 1.807) is 18.2 Å². The van der Waals surface area contributed by atoms with E-state index in [0.717, 1.165) is 9.13 Å². The number of ether oxygens (including phenoxy) is 2. The van der Waals surface area contributed by atoms with Gasteiger partial charge >= 0.3 is 0 Å². The molecular weight excluding hydrogens is 519 g/mol. The molecule has 0 aromatic heterocycles. The Morgan fingerprint density at radius 1 is 1.12 bits per heavy atom. The summed E-state index contributed by atoms with van der Waals surface area (Å²) in [5.41, 5.74) is 2.09. The molecule has 0 atom stereocenters. The molecule has 0 aliphatic rings. The van der Waals surface area contributed by atoms with Crippen LogP contribution in [-0.4, -0.2) is 17.6 Å². The number of rotatable bonds is 8. The Kier molecular flexibility index (Phi) is 8.11. The number of anilines is 1. The van der Waals surface area contributed by atoms with Crippen molar-refractivity contribution in [2.45, 2.75) is 13.5 Å². The zero-order valence-electron chi connectivity index (χ0n) is 17.3. The molecule has 162 valence electrons. The number of hydrogen-bond acceptors (Lipinski definition) is 5. The Morgan fingerprint density at radius 3 is 2.50 bits per heavy atom. The predicted molar refractivity (Wildman–Crippen MR) is 131 cm³/mol. The third-order valence-electron chi connectivity index (χ3n) is 4.36. The van der Waals surface area contributed by atoms with Gasteiger partial charge in [0, 0.05) is 5.69 Å². The van der Waals surface area contributed by atoms with Crippen LogP contribution in [0.15, 0.2) is 72.3 Å². The molecule has 0 spiro atoms. The Labute approximate surface area is 200 Å². The first-order valence-electron chi connectivity index (χ1n) is 9.85. The molecule has 2 N–H and O–H groups in total. The second-order valence-electron chi connectivity index (χ2n) is 6.71. The lowest BCUT2D eigenvalue weighted by atomic mass is 10.1. The van der Waals surface area contributed by atoms with Crippen LogP contribution in [0.3, 0.4) is 0 Å². The molecule has 3 aromatic carbocycles. The number of hydrogen-bond donors (Lipinski definition) is 2. The molecule has 6 nitrogen and oxygen atoms in total. The van der Waals surface area contributed by atoms with Gasteiger partial charge in [0.1, 0.15) is 24.0 Å². The normalized spacial score (nSPS) is 10.8. The zero-order chi connectivity index (χ0) is 22.9. The van der Waals surface area contributed by atoms with Crippen LogP contribution >= 0.6 is 22.6 Å². The molecule has 0 heterocycles. The van der Waals surface area contributed by atoms with Gasteiger partial charge in [0.05, 0.1) is 10.2 Å². The third kappa shape index (κ3) is 6.25. The van der Waals surface area contributed by atoms with Crippen molar-refractivity contribution in [1.29, 1.82) is 5.26 Å². The fourth-order valence-corrected chi connectivity index (χ4v) is 3.64. The number of nitrogens with zero attached hydrogens (tertiary/aromatic N) is 1. The summed E-state index contributed by atoms with van der Waals surface area (Å²) in [7, 11) is 0. The van der Waals surface area contributed by atoms with Crippen LogP contribution in [0.25, 0.3) is 6.08 Å². The summed E-state index contributed by atoms with van der Waals surface area (Å²) in [6.45, 7) is 2.71. The number of nitriles is 1. The monoisotopic (exact) mass is 540 g/mol. The van der Waals surface area contributed by atoms with E-state index < -0.39 is 5.91 Å². The standard InChI is InChI=1S/C25H21IN2O4/c1-2-31-23-14-18(13-22(26)24(23)32-16-17-6-4-3-5-7-17)12-19(15-27)25(30)28-20-8-10-21(29)11-9-20/h3-14,29H,2,16H2,1H3,(H,28,30)/b19-12-. The highest BCUT2D eigenvalue weighted by atomic mass is 127. The Bertz CT molecular complexity index is 1150. The van der Waals surface area contributed by atoms with E-state index >= 15 is 0 Å². The number of nitrogens with one attached hydrogen (secondary N) is 1. The summed E-state index contributed by atoms with van der Waals surface area (Å²) in [5, 5.41) is 21.5. The van der Waals surface area contributed by atoms with Gasteiger partial charge in [-0.05, 0) is 83.1 Å². The van der Waals surface area contributed by atoms with Gasteiger partial charge < -0.3 is 19.9 Å². The van der Waals surface area contributed by atoms with Gasteiger partial charge in [-0.2, -0.15) is 5.26 Å². The van der Waals surface area contributed by atoms with Crippen LogP contribution in [0, 0.1) is 14.9 Å². The molecule has 0 aliphatic carbocycles. The molecule has 3 aromatic rings. The molecule has 0 unspecified atom stereocenters. The summed E-state index contributed by atoms with van der Waals surface area (Å²) in [4.78, 5) is 12.5. The van der Waals surface area contributed by atoms with E-state index in [1.165, 1.54) is 18.2 Å². The molecule has 0 saturated heterocycles. The highest BCUT2D eigenvalue weighted by Crippen LogP contribution is 2.35. The van der Waals surface area contributed by atoms with Crippen molar-refractivity contribution in [3.63, 3.8) is 0 Å². The summed E-state index contributed by atoms with van der Waals surface area (Å²) in [6.07, 6.45) is 1.50. The van der Waals surface area contributed by atoms with Gasteiger partial charge in [-0.3, -0.25) is 4.79 Å². The second kappa shape index (κ2) is 11.2. The van der Waals surface area contributed by atoms with Crippen molar-refractivity contribution < 1.29 is 19.4 Å². The maximum Gasteiger partial charge on any atom is 0.266 e. The third-order valence-corrected chi connectivity index (χ3v) is 5.16. The van der Waals surface area contributed by atoms with Crippen LogP contribution < -0.4 is 14.8 Å². The van der Waals surface area contributed by atoms with E-state index in [-0.39, 0.29) is 11.3 Å². The minimum absolute atomic E-state index is 0.0609. The van der Waals surface area contributed by atoms with Crippen molar-refractivity contribution in [2.75, 3.05) is 11.9 Å². The van der Waals surface area contributed by atoms with Crippen LogP contribution in [0.2, 0.25) is 0 Å². The number of carbonyl (C=O) groups excluding carboxylic acids is 1.